The van der Waals surface area contributed by atoms with Crippen molar-refractivity contribution in [3.8, 4) is 0 Å². The van der Waals surface area contributed by atoms with Crippen LogP contribution < -0.4 is 10.6 Å². The van der Waals surface area contributed by atoms with Crippen molar-refractivity contribution < 1.29 is 28.2 Å². The Morgan fingerprint density at radius 1 is 0.609 bits per heavy atom. The van der Waals surface area contributed by atoms with Gasteiger partial charge in [-0.05, 0) is 33.4 Å². The van der Waals surface area contributed by atoms with Crippen LogP contribution in [0.2, 0.25) is 0 Å². The van der Waals surface area contributed by atoms with Gasteiger partial charge in [-0.25, -0.2) is 9.37 Å². The molecule has 0 saturated carbocycles. The summed E-state index contributed by atoms with van der Waals surface area (Å²) >= 11 is 0. The number of amides is 2. The first-order valence-corrected chi connectivity index (χ1v) is 21.0. The van der Waals surface area contributed by atoms with Crippen LogP contribution in [0.15, 0.2) is 188 Å². The highest BCUT2D eigenvalue weighted by molar-refractivity contribution is 5.97. The molecule has 64 heavy (non-hydrogen) atoms. The van der Waals surface area contributed by atoms with Gasteiger partial charge in [-0.15, -0.1) is 0 Å². The maximum Gasteiger partial charge on any atom is 0.233 e. The number of benzene rings is 6. The zero-order chi connectivity index (χ0) is 44.1. The molecule has 1 aliphatic heterocycles. The fraction of sp³-hybridized carbons (Fsp3) is 0.173. The number of rotatable bonds is 14. The van der Waals surface area contributed by atoms with E-state index in [4.69, 9.17) is 14.2 Å². The molecule has 0 radical (unpaired) electrons. The second-order valence-corrected chi connectivity index (χ2v) is 15.5. The summed E-state index contributed by atoms with van der Waals surface area (Å²) in [6.45, 7) is 2.49. The molecule has 0 unspecified atom stereocenters. The SMILES string of the molecule is CC(=O)Nc1nc(NC(C)=O)c2ncn([C@@H]3O[C@H](COC(c4ccccc4)(c4ccccc4)c4ccccc4)[C@@H](OC(c4ccccc4)(c4ccccc4)c4ccccc4)[C@H]3F)c2n1. The maximum atomic E-state index is 18.3. The Morgan fingerprint density at radius 3 is 1.42 bits per heavy atom. The maximum absolute atomic E-state index is 18.3. The highest BCUT2D eigenvalue weighted by atomic mass is 19.1. The Morgan fingerprint density at radius 2 is 1.02 bits per heavy atom. The standard InChI is InChI=1S/C52H45FN6O5/c1-35(60)55-47-45-48(58-50(57-47)56-36(2)61)59(34-54-45)49-44(53)46(64-52(40-27-15-6-16-28-40,41-29-17-7-18-30-41)42-31-19-8-20-32-42)43(63-49)33-62-51(37-21-9-3-10-22-37,38-23-11-4-12-24-38)39-25-13-5-14-26-39/h3-32,34,43-44,46,49H,33H2,1-2H3,(H2,55,56,57,58,60,61)/t43-,44-,46-,49-/m1/s1. The van der Waals surface area contributed by atoms with E-state index in [1.54, 1.807) is 0 Å². The van der Waals surface area contributed by atoms with E-state index in [1.807, 2.05) is 182 Å². The molecule has 6 aromatic carbocycles. The molecular formula is C52H45FN6O5. The minimum absolute atomic E-state index is 0.0377. The van der Waals surface area contributed by atoms with Gasteiger partial charge in [0.15, 0.2) is 29.4 Å². The van der Waals surface area contributed by atoms with Crippen LogP contribution in [0.3, 0.4) is 0 Å². The number of hydrogen-bond donors (Lipinski definition) is 2. The molecule has 11 nitrogen and oxygen atoms in total. The van der Waals surface area contributed by atoms with Crippen molar-refractivity contribution in [3.63, 3.8) is 0 Å². The smallest absolute Gasteiger partial charge is 0.233 e. The fourth-order valence-corrected chi connectivity index (χ4v) is 8.67. The summed E-state index contributed by atoms with van der Waals surface area (Å²) < 4.78 is 41.5. The summed E-state index contributed by atoms with van der Waals surface area (Å²) in [7, 11) is 0. The molecule has 0 aliphatic carbocycles. The van der Waals surface area contributed by atoms with E-state index >= 15 is 4.39 Å². The highest BCUT2D eigenvalue weighted by Gasteiger charge is 2.53. The molecule has 0 spiro atoms. The predicted octanol–water partition coefficient (Wildman–Crippen LogP) is 9.36. The molecule has 0 bridgehead atoms. The lowest BCUT2D eigenvalue weighted by molar-refractivity contribution is -0.128. The molecule has 1 fully saturated rings. The van der Waals surface area contributed by atoms with E-state index in [0.29, 0.717) is 0 Å². The second kappa shape index (κ2) is 18.1. The van der Waals surface area contributed by atoms with Gasteiger partial charge in [-0.3, -0.25) is 19.5 Å². The molecule has 2 N–H and O–H groups in total. The number of aromatic nitrogens is 4. The monoisotopic (exact) mass is 852 g/mol. The van der Waals surface area contributed by atoms with Crippen molar-refractivity contribution in [2.45, 2.75) is 49.7 Å². The molecule has 1 aliphatic rings. The third kappa shape index (κ3) is 7.94. The number of ether oxygens (including phenoxy) is 3. The summed E-state index contributed by atoms with van der Waals surface area (Å²) in [5.74, 6) is -0.938. The number of alkyl halides is 1. The van der Waals surface area contributed by atoms with Gasteiger partial charge in [0.2, 0.25) is 17.8 Å². The number of nitrogens with zero attached hydrogens (tertiary/aromatic N) is 4. The molecular weight excluding hydrogens is 808 g/mol. The van der Waals surface area contributed by atoms with E-state index in [0.717, 1.165) is 33.4 Å². The molecule has 320 valence electrons. The number of nitrogens with one attached hydrogen (secondary N) is 2. The minimum Gasteiger partial charge on any atom is -0.358 e. The van der Waals surface area contributed by atoms with Gasteiger partial charge < -0.3 is 19.5 Å². The van der Waals surface area contributed by atoms with Crippen molar-refractivity contribution in [3.05, 3.63) is 222 Å². The predicted molar refractivity (Wildman–Crippen MR) is 242 cm³/mol. The number of imidazole rings is 1. The molecule has 2 amide bonds. The number of fused-ring (bicyclic) bond motifs is 1. The van der Waals surface area contributed by atoms with Gasteiger partial charge in [0.1, 0.15) is 23.4 Å². The zero-order valence-electron chi connectivity index (χ0n) is 35.1. The van der Waals surface area contributed by atoms with Crippen molar-refractivity contribution in [2.75, 3.05) is 17.2 Å². The first kappa shape index (κ1) is 41.9. The van der Waals surface area contributed by atoms with E-state index in [2.05, 4.69) is 25.6 Å². The Bertz CT molecular complexity index is 2640. The van der Waals surface area contributed by atoms with Crippen LogP contribution >= 0.6 is 0 Å². The first-order chi connectivity index (χ1) is 31.3. The lowest BCUT2D eigenvalue weighted by Gasteiger charge is -2.40. The number of carbonyl (C=O) groups is 2. The lowest BCUT2D eigenvalue weighted by atomic mass is 9.79. The molecule has 8 aromatic rings. The van der Waals surface area contributed by atoms with Crippen LogP contribution in [0.5, 0.6) is 0 Å². The molecule has 3 heterocycles. The normalized spacial score (nSPS) is 17.5. The van der Waals surface area contributed by atoms with Crippen molar-refractivity contribution in [1.82, 2.24) is 19.5 Å². The Hall–Kier alpha value is -7.38. The summed E-state index contributed by atoms with van der Waals surface area (Å²) in [4.78, 5) is 38.0. The lowest BCUT2D eigenvalue weighted by Crippen LogP contribution is -2.45. The van der Waals surface area contributed by atoms with Gasteiger partial charge in [0.25, 0.3) is 0 Å². The quantitative estimate of drug-likeness (QED) is 0.104. The van der Waals surface area contributed by atoms with E-state index in [1.165, 1.54) is 24.7 Å². The number of halogens is 1. The number of hydrogen-bond acceptors (Lipinski definition) is 8. The molecule has 12 heteroatoms. The van der Waals surface area contributed by atoms with Crippen molar-refractivity contribution in [2.24, 2.45) is 0 Å². The molecule has 4 atom stereocenters. The van der Waals surface area contributed by atoms with Crippen LogP contribution in [0, 0.1) is 0 Å². The highest BCUT2D eigenvalue weighted by Crippen LogP contribution is 2.48. The topological polar surface area (TPSA) is 129 Å². The van der Waals surface area contributed by atoms with Gasteiger partial charge in [-0.1, -0.05) is 182 Å². The number of anilines is 2. The van der Waals surface area contributed by atoms with Gasteiger partial charge in [0.05, 0.1) is 12.9 Å². The fourth-order valence-electron chi connectivity index (χ4n) is 8.67. The Labute approximate surface area is 369 Å². The van der Waals surface area contributed by atoms with E-state index in [9.17, 15) is 9.59 Å². The summed E-state index contributed by atoms with van der Waals surface area (Å²) in [6, 6.07) is 59.1. The zero-order valence-corrected chi connectivity index (χ0v) is 35.1. The van der Waals surface area contributed by atoms with Gasteiger partial charge in [-0.2, -0.15) is 9.97 Å². The summed E-state index contributed by atoms with van der Waals surface area (Å²) in [5, 5.41) is 5.25. The summed E-state index contributed by atoms with van der Waals surface area (Å²) in [6.07, 6.45) is -4.22. The van der Waals surface area contributed by atoms with Crippen LogP contribution in [0.1, 0.15) is 53.5 Å². The van der Waals surface area contributed by atoms with E-state index < -0.39 is 47.6 Å². The molecule has 1 saturated heterocycles. The van der Waals surface area contributed by atoms with E-state index in [-0.39, 0.29) is 29.5 Å². The number of carbonyl (C=O) groups excluding carboxylic acids is 2. The third-order valence-corrected chi connectivity index (χ3v) is 11.4. The minimum atomic E-state index is -1.87. The molecule has 9 rings (SSSR count). The Kier molecular flexibility index (Phi) is 11.9. The average Bonchev–Trinajstić information content (AvgIpc) is 3.89. The van der Waals surface area contributed by atoms with Crippen molar-refractivity contribution in [1.29, 1.82) is 0 Å². The van der Waals surface area contributed by atoms with Gasteiger partial charge in [0, 0.05) is 13.8 Å². The van der Waals surface area contributed by atoms with Crippen molar-refractivity contribution >= 4 is 34.7 Å². The average molecular weight is 853 g/mol. The van der Waals surface area contributed by atoms with Crippen LogP contribution in [-0.4, -0.2) is 56.3 Å². The first-order valence-electron chi connectivity index (χ1n) is 21.0. The molecule has 2 aromatic heterocycles. The van der Waals surface area contributed by atoms with Crippen LogP contribution in [0.4, 0.5) is 16.2 Å². The van der Waals surface area contributed by atoms with Gasteiger partial charge >= 0.3 is 0 Å². The van der Waals surface area contributed by atoms with Crippen LogP contribution in [0.25, 0.3) is 11.2 Å². The third-order valence-electron chi connectivity index (χ3n) is 11.4. The second-order valence-electron chi connectivity index (χ2n) is 15.5. The van der Waals surface area contributed by atoms with Crippen LogP contribution in [-0.2, 0) is 35.0 Å². The largest absolute Gasteiger partial charge is 0.358 e. The Balaban J connectivity index is 1.23. The summed E-state index contributed by atoms with van der Waals surface area (Å²) in [5.41, 5.74) is 2.66.